The molecule has 0 heterocycles. The van der Waals surface area contributed by atoms with Crippen LogP contribution in [0.3, 0.4) is 0 Å². The van der Waals surface area contributed by atoms with E-state index < -0.39 is 0 Å². The first-order chi connectivity index (χ1) is 10.6. The Labute approximate surface area is 133 Å². The van der Waals surface area contributed by atoms with Crippen LogP contribution in [0.1, 0.15) is 44.1 Å². The molecule has 1 aliphatic carbocycles. The smallest absolute Gasteiger partial charge is 0.317 e. The fraction of sp³-hybridized carbons (Fsp3) is 0.611. The number of amides is 2. The zero-order chi connectivity index (χ0) is 15.9. The first-order valence-electron chi connectivity index (χ1n) is 8.30. The molecular formula is C18H28N2O2. The lowest BCUT2D eigenvalue weighted by atomic mass is 9.98. The average Bonchev–Trinajstić information content (AvgIpc) is 2.93. The minimum Gasteiger partial charge on any atom is -0.393 e. The van der Waals surface area contributed by atoms with E-state index in [0.29, 0.717) is 19.0 Å². The minimum atomic E-state index is -0.242. The van der Waals surface area contributed by atoms with E-state index in [1.165, 1.54) is 5.56 Å². The SMILES string of the molecule is C[C@H](CCNC(=O)N(C)C[C@@H]1CCC[C@@H]1O)c1ccccc1. The van der Waals surface area contributed by atoms with E-state index in [-0.39, 0.29) is 18.1 Å². The lowest BCUT2D eigenvalue weighted by Crippen LogP contribution is -2.41. The van der Waals surface area contributed by atoms with Crippen molar-refractivity contribution in [2.24, 2.45) is 5.92 Å². The van der Waals surface area contributed by atoms with Crippen molar-refractivity contribution in [3.05, 3.63) is 35.9 Å². The molecule has 0 unspecified atom stereocenters. The van der Waals surface area contributed by atoms with Gasteiger partial charge in [0.15, 0.2) is 0 Å². The van der Waals surface area contributed by atoms with Crippen LogP contribution in [-0.4, -0.2) is 42.3 Å². The van der Waals surface area contributed by atoms with Crippen LogP contribution in [-0.2, 0) is 0 Å². The van der Waals surface area contributed by atoms with Gasteiger partial charge in [-0.1, -0.05) is 43.7 Å². The number of aliphatic hydroxyl groups is 1. The number of urea groups is 1. The van der Waals surface area contributed by atoms with Crippen molar-refractivity contribution in [1.82, 2.24) is 10.2 Å². The summed E-state index contributed by atoms with van der Waals surface area (Å²) in [7, 11) is 1.81. The molecule has 0 aliphatic heterocycles. The van der Waals surface area contributed by atoms with E-state index in [0.717, 1.165) is 25.7 Å². The molecule has 1 fully saturated rings. The van der Waals surface area contributed by atoms with E-state index in [2.05, 4.69) is 24.4 Å². The van der Waals surface area contributed by atoms with E-state index in [9.17, 15) is 9.90 Å². The van der Waals surface area contributed by atoms with Crippen LogP contribution in [0.15, 0.2) is 30.3 Å². The Balaban J connectivity index is 1.68. The zero-order valence-electron chi connectivity index (χ0n) is 13.7. The molecule has 2 N–H and O–H groups in total. The predicted molar refractivity (Wildman–Crippen MR) is 88.9 cm³/mol. The Morgan fingerprint density at radius 1 is 1.36 bits per heavy atom. The number of rotatable bonds is 6. The minimum absolute atomic E-state index is 0.0423. The topological polar surface area (TPSA) is 52.6 Å². The van der Waals surface area contributed by atoms with Crippen LogP contribution in [0.2, 0.25) is 0 Å². The van der Waals surface area contributed by atoms with Crippen molar-refractivity contribution in [2.45, 2.75) is 44.6 Å². The van der Waals surface area contributed by atoms with Gasteiger partial charge in [-0.25, -0.2) is 4.79 Å². The molecule has 1 aromatic carbocycles. The summed E-state index contributed by atoms with van der Waals surface area (Å²) in [6.07, 6.45) is 3.64. The largest absolute Gasteiger partial charge is 0.393 e. The number of benzene rings is 1. The van der Waals surface area contributed by atoms with Gasteiger partial charge < -0.3 is 15.3 Å². The van der Waals surface area contributed by atoms with E-state index in [1.54, 1.807) is 11.9 Å². The molecule has 4 heteroatoms. The van der Waals surface area contributed by atoms with Gasteiger partial charge in [-0.05, 0) is 30.7 Å². The van der Waals surface area contributed by atoms with E-state index in [4.69, 9.17) is 0 Å². The second-order valence-electron chi connectivity index (χ2n) is 6.47. The maximum atomic E-state index is 12.1. The number of carbonyl (C=O) groups is 1. The van der Waals surface area contributed by atoms with Gasteiger partial charge in [-0.3, -0.25) is 0 Å². The van der Waals surface area contributed by atoms with Gasteiger partial charge in [0.1, 0.15) is 0 Å². The third kappa shape index (κ3) is 4.73. The van der Waals surface area contributed by atoms with Gasteiger partial charge in [0, 0.05) is 26.1 Å². The van der Waals surface area contributed by atoms with Crippen molar-refractivity contribution < 1.29 is 9.90 Å². The number of nitrogens with one attached hydrogen (secondary N) is 1. The first-order valence-corrected chi connectivity index (χ1v) is 8.30. The third-order valence-corrected chi connectivity index (χ3v) is 4.70. The monoisotopic (exact) mass is 304 g/mol. The highest BCUT2D eigenvalue weighted by Gasteiger charge is 2.27. The Morgan fingerprint density at radius 2 is 2.09 bits per heavy atom. The molecule has 3 atom stereocenters. The van der Waals surface area contributed by atoms with Crippen LogP contribution in [0.4, 0.5) is 4.79 Å². The van der Waals surface area contributed by atoms with Gasteiger partial charge in [0.2, 0.25) is 0 Å². The van der Waals surface area contributed by atoms with Gasteiger partial charge in [-0.2, -0.15) is 0 Å². The van der Waals surface area contributed by atoms with Crippen molar-refractivity contribution in [1.29, 1.82) is 0 Å². The van der Waals surface area contributed by atoms with Crippen molar-refractivity contribution in [3.8, 4) is 0 Å². The molecule has 0 saturated heterocycles. The molecule has 22 heavy (non-hydrogen) atoms. The molecule has 0 bridgehead atoms. The maximum Gasteiger partial charge on any atom is 0.317 e. The lowest BCUT2D eigenvalue weighted by molar-refractivity contribution is 0.114. The van der Waals surface area contributed by atoms with Crippen LogP contribution in [0, 0.1) is 5.92 Å². The second kappa shape index (κ2) is 8.18. The Kier molecular flexibility index (Phi) is 6.25. The molecule has 122 valence electrons. The molecule has 2 rings (SSSR count). The number of hydrogen-bond acceptors (Lipinski definition) is 2. The van der Waals surface area contributed by atoms with Crippen molar-refractivity contribution in [2.75, 3.05) is 20.1 Å². The summed E-state index contributed by atoms with van der Waals surface area (Å²) >= 11 is 0. The summed E-state index contributed by atoms with van der Waals surface area (Å²) in [5, 5.41) is 12.8. The highest BCUT2D eigenvalue weighted by atomic mass is 16.3. The summed E-state index contributed by atoms with van der Waals surface area (Å²) in [5.74, 6) is 0.669. The van der Waals surface area contributed by atoms with Gasteiger partial charge in [0.25, 0.3) is 0 Å². The molecule has 4 nitrogen and oxygen atoms in total. The lowest BCUT2D eigenvalue weighted by Gasteiger charge is -2.24. The second-order valence-corrected chi connectivity index (χ2v) is 6.47. The molecule has 1 saturated carbocycles. The molecule has 0 spiro atoms. The first kappa shape index (κ1) is 16.8. The average molecular weight is 304 g/mol. The normalized spacial score (nSPS) is 22.3. The maximum absolute atomic E-state index is 12.1. The standard InChI is InChI=1S/C18H28N2O2/c1-14(15-7-4-3-5-8-15)11-12-19-18(22)20(2)13-16-9-6-10-17(16)21/h3-5,7-8,14,16-17,21H,6,9-13H2,1-2H3,(H,19,22)/t14-,16+,17+/m1/s1. The number of nitrogens with zero attached hydrogens (tertiary/aromatic N) is 1. The zero-order valence-corrected chi connectivity index (χ0v) is 13.7. The number of hydrogen-bond donors (Lipinski definition) is 2. The summed E-state index contributed by atoms with van der Waals surface area (Å²) in [6, 6.07) is 10.3. The number of carbonyl (C=O) groups excluding carboxylic acids is 1. The quantitative estimate of drug-likeness (QED) is 0.849. The van der Waals surface area contributed by atoms with E-state index >= 15 is 0 Å². The highest BCUT2D eigenvalue weighted by Crippen LogP contribution is 2.26. The summed E-state index contributed by atoms with van der Waals surface area (Å²) in [4.78, 5) is 13.8. The van der Waals surface area contributed by atoms with Crippen molar-refractivity contribution >= 4 is 6.03 Å². The molecule has 2 amide bonds. The number of aliphatic hydroxyl groups excluding tert-OH is 1. The van der Waals surface area contributed by atoms with Gasteiger partial charge in [0.05, 0.1) is 6.10 Å². The van der Waals surface area contributed by atoms with Gasteiger partial charge in [-0.15, -0.1) is 0 Å². The highest BCUT2D eigenvalue weighted by molar-refractivity contribution is 5.73. The van der Waals surface area contributed by atoms with Crippen molar-refractivity contribution in [3.63, 3.8) is 0 Å². The fourth-order valence-corrected chi connectivity index (χ4v) is 3.14. The summed E-state index contributed by atoms with van der Waals surface area (Å²) in [5.41, 5.74) is 1.30. The fourth-order valence-electron chi connectivity index (χ4n) is 3.14. The Morgan fingerprint density at radius 3 is 2.73 bits per heavy atom. The molecule has 0 aromatic heterocycles. The summed E-state index contributed by atoms with van der Waals surface area (Å²) < 4.78 is 0. The summed E-state index contributed by atoms with van der Waals surface area (Å²) in [6.45, 7) is 3.49. The molecule has 0 radical (unpaired) electrons. The van der Waals surface area contributed by atoms with Crippen LogP contribution in [0.25, 0.3) is 0 Å². The Bertz CT molecular complexity index is 463. The van der Waals surface area contributed by atoms with Crippen LogP contribution in [0.5, 0.6) is 0 Å². The van der Waals surface area contributed by atoms with Crippen LogP contribution >= 0.6 is 0 Å². The molecular weight excluding hydrogens is 276 g/mol. The van der Waals surface area contributed by atoms with Gasteiger partial charge >= 0.3 is 6.03 Å². The van der Waals surface area contributed by atoms with Crippen LogP contribution < -0.4 is 5.32 Å². The molecule has 1 aliphatic rings. The third-order valence-electron chi connectivity index (χ3n) is 4.70. The van der Waals surface area contributed by atoms with E-state index in [1.807, 2.05) is 18.2 Å². The molecule has 1 aromatic rings. The predicted octanol–water partition coefficient (Wildman–Crippen LogP) is 2.98. The Hall–Kier alpha value is -1.55.